The zero-order valence-corrected chi connectivity index (χ0v) is 19.8. The Morgan fingerprint density at radius 1 is 0.361 bits per heavy atom. The molecule has 0 aliphatic heterocycles. The first kappa shape index (κ1) is 22.8. The minimum atomic E-state index is 0.907. The molecule has 0 aliphatic rings. The van der Waals surface area contributed by atoms with Crippen LogP contribution >= 0.6 is 0 Å². The standard InChI is InChI=1S/C32H26N4/c1-3-7-29(8-4-1)35-31-19-15-27(16-20-31)33-23-25-11-13-26(14-12-25)24-34-28-17-21-32(22-18-28)36-30-9-5-2-6-10-30/h1-24,35-36H. The number of anilines is 4. The van der Waals surface area contributed by atoms with Gasteiger partial charge in [-0.25, -0.2) is 0 Å². The number of aliphatic imine (C=N–C) groups is 2. The Hall–Kier alpha value is -4.96. The zero-order valence-electron chi connectivity index (χ0n) is 19.8. The summed E-state index contributed by atoms with van der Waals surface area (Å²) in [6, 6.07) is 44.6. The summed E-state index contributed by atoms with van der Waals surface area (Å²) in [7, 11) is 0. The molecule has 0 amide bonds. The van der Waals surface area contributed by atoms with Gasteiger partial charge in [-0.15, -0.1) is 0 Å². The van der Waals surface area contributed by atoms with Gasteiger partial charge in [-0.2, -0.15) is 0 Å². The number of hydrogen-bond donors (Lipinski definition) is 2. The molecule has 0 unspecified atom stereocenters. The lowest BCUT2D eigenvalue weighted by molar-refractivity contribution is 1.49. The minimum absolute atomic E-state index is 0.907. The maximum atomic E-state index is 4.59. The van der Waals surface area contributed by atoms with Crippen LogP contribution in [0.25, 0.3) is 0 Å². The fourth-order valence-electron chi connectivity index (χ4n) is 3.60. The summed E-state index contributed by atoms with van der Waals surface area (Å²) in [6.45, 7) is 0. The molecule has 5 aromatic rings. The van der Waals surface area contributed by atoms with Gasteiger partial charge in [0.05, 0.1) is 11.4 Å². The lowest BCUT2D eigenvalue weighted by atomic mass is 10.1. The summed E-state index contributed by atoms with van der Waals surface area (Å²) in [5.41, 5.74) is 8.08. The van der Waals surface area contributed by atoms with Crippen LogP contribution in [0.2, 0.25) is 0 Å². The third kappa shape index (κ3) is 6.55. The summed E-state index contributed by atoms with van der Waals surface area (Å²) < 4.78 is 0. The fraction of sp³-hybridized carbons (Fsp3) is 0. The summed E-state index contributed by atoms with van der Waals surface area (Å²) in [4.78, 5) is 9.19. The maximum absolute atomic E-state index is 4.59. The number of nitrogens with one attached hydrogen (secondary N) is 2. The molecule has 0 saturated carbocycles. The van der Waals surface area contributed by atoms with Gasteiger partial charge < -0.3 is 10.6 Å². The van der Waals surface area contributed by atoms with Gasteiger partial charge in [0, 0.05) is 35.2 Å². The molecule has 5 rings (SSSR count). The Kier molecular flexibility index (Phi) is 7.26. The van der Waals surface area contributed by atoms with E-state index in [1.54, 1.807) is 0 Å². The average Bonchev–Trinajstić information content (AvgIpc) is 2.94. The van der Waals surface area contributed by atoms with Crippen molar-refractivity contribution >= 4 is 46.6 Å². The van der Waals surface area contributed by atoms with Crippen LogP contribution in [-0.4, -0.2) is 12.4 Å². The number of para-hydroxylation sites is 2. The van der Waals surface area contributed by atoms with E-state index in [2.05, 4.69) is 20.6 Å². The third-order valence-electron chi connectivity index (χ3n) is 5.52. The summed E-state index contributed by atoms with van der Waals surface area (Å²) in [5, 5.41) is 6.76. The van der Waals surface area contributed by atoms with E-state index in [4.69, 9.17) is 0 Å². The molecule has 0 saturated heterocycles. The Bertz CT molecular complexity index is 1310. The topological polar surface area (TPSA) is 48.8 Å². The molecule has 36 heavy (non-hydrogen) atoms. The summed E-state index contributed by atoms with van der Waals surface area (Å²) in [5.74, 6) is 0. The van der Waals surface area contributed by atoms with Gasteiger partial charge >= 0.3 is 0 Å². The molecular weight excluding hydrogens is 440 g/mol. The van der Waals surface area contributed by atoms with E-state index >= 15 is 0 Å². The maximum Gasteiger partial charge on any atom is 0.0631 e. The second-order valence-electron chi connectivity index (χ2n) is 8.26. The Morgan fingerprint density at radius 2 is 0.694 bits per heavy atom. The number of nitrogens with zero attached hydrogens (tertiary/aromatic N) is 2. The Balaban J connectivity index is 1.15. The van der Waals surface area contributed by atoms with Crippen LogP contribution in [0.5, 0.6) is 0 Å². The SMILES string of the molecule is C(=Nc1ccc(Nc2ccccc2)cc1)c1ccc(C=Nc2ccc(Nc3ccccc3)cc2)cc1. The largest absolute Gasteiger partial charge is 0.356 e. The van der Waals surface area contributed by atoms with Crippen molar-refractivity contribution in [3.05, 3.63) is 145 Å². The smallest absolute Gasteiger partial charge is 0.0631 e. The first-order valence-corrected chi connectivity index (χ1v) is 11.8. The Labute approximate surface area is 211 Å². The van der Waals surface area contributed by atoms with Crippen molar-refractivity contribution in [2.75, 3.05) is 10.6 Å². The van der Waals surface area contributed by atoms with E-state index in [0.29, 0.717) is 0 Å². The highest BCUT2D eigenvalue weighted by atomic mass is 14.9. The highest BCUT2D eigenvalue weighted by molar-refractivity contribution is 5.86. The molecule has 2 N–H and O–H groups in total. The van der Waals surface area contributed by atoms with Crippen LogP contribution in [0.4, 0.5) is 34.1 Å². The molecule has 0 aromatic heterocycles. The monoisotopic (exact) mass is 466 g/mol. The van der Waals surface area contributed by atoms with Gasteiger partial charge in [0.25, 0.3) is 0 Å². The normalized spacial score (nSPS) is 11.1. The first-order chi connectivity index (χ1) is 17.8. The van der Waals surface area contributed by atoms with Crippen molar-refractivity contribution in [1.29, 1.82) is 0 Å². The van der Waals surface area contributed by atoms with Gasteiger partial charge in [-0.1, -0.05) is 60.7 Å². The molecule has 0 atom stereocenters. The van der Waals surface area contributed by atoms with E-state index in [9.17, 15) is 0 Å². The molecule has 174 valence electrons. The van der Waals surface area contributed by atoms with Crippen molar-refractivity contribution in [3.63, 3.8) is 0 Å². The van der Waals surface area contributed by atoms with Crippen LogP contribution in [-0.2, 0) is 0 Å². The van der Waals surface area contributed by atoms with Gasteiger partial charge in [-0.05, 0) is 83.9 Å². The van der Waals surface area contributed by atoms with Crippen LogP contribution in [0, 0.1) is 0 Å². The highest BCUT2D eigenvalue weighted by Gasteiger charge is 1.97. The Morgan fingerprint density at radius 3 is 1.06 bits per heavy atom. The van der Waals surface area contributed by atoms with Crippen LogP contribution in [0.1, 0.15) is 11.1 Å². The minimum Gasteiger partial charge on any atom is -0.356 e. The molecular formula is C32H26N4. The first-order valence-electron chi connectivity index (χ1n) is 11.8. The lowest BCUT2D eigenvalue weighted by Gasteiger charge is -2.06. The molecule has 0 heterocycles. The van der Waals surface area contributed by atoms with Crippen molar-refractivity contribution in [2.45, 2.75) is 0 Å². The molecule has 0 spiro atoms. The molecule has 0 radical (unpaired) electrons. The lowest BCUT2D eigenvalue weighted by Crippen LogP contribution is -1.88. The van der Waals surface area contributed by atoms with E-state index < -0.39 is 0 Å². The van der Waals surface area contributed by atoms with E-state index in [1.807, 2.05) is 146 Å². The molecule has 4 heteroatoms. The summed E-state index contributed by atoms with van der Waals surface area (Å²) in [6.07, 6.45) is 3.75. The van der Waals surface area contributed by atoms with E-state index in [1.165, 1.54) is 0 Å². The molecule has 0 fully saturated rings. The quantitative estimate of drug-likeness (QED) is 0.225. The third-order valence-corrected chi connectivity index (χ3v) is 5.52. The van der Waals surface area contributed by atoms with Crippen molar-refractivity contribution in [2.24, 2.45) is 9.98 Å². The van der Waals surface area contributed by atoms with Crippen molar-refractivity contribution in [1.82, 2.24) is 0 Å². The van der Waals surface area contributed by atoms with Crippen molar-refractivity contribution < 1.29 is 0 Å². The van der Waals surface area contributed by atoms with Crippen molar-refractivity contribution in [3.8, 4) is 0 Å². The molecule has 5 aromatic carbocycles. The van der Waals surface area contributed by atoms with E-state index in [0.717, 1.165) is 45.3 Å². The van der Waals surface area contributed by atoms with Crippen LogP contribution in [0.3, 0.4) is 0 Å². The summed E-state index contributed by atoms with van der Waals surface area (Å²) >= 11 is 0. The number of benzene rings is 5. The second kappa shape index (κ2) is 11.4. The zero-order chi connectivity index (χ0) is 24.4. The van der Waals surface area contributed by atoms with Gasteiger partial charge in [0.1, 0.15) is 0 Å². The van der Waals surface area contributed by atoms with Gasteiger partial charge in [-0.3, -0.25) is 9.98 Å². The highest BCUT2D eigenvalue weighted by Crippen LogP contribution is 2.21. The second-order valence-corrected chi connectivity index (χ2v) is 8.26. The predicted molar refractivity (Wildman–Crippen MR) is 153 cm³/mol. The number of hydrogen-bond acceptors (Lipinski definition) is 4. The fourth-order valence-corrected chi connectivity index (χ4v) is 3.60. The van der Waals surface area contributed by atoms with E-state index in [-0.39, 0.29) is 0 Å². The van der Waals surface area contributed by atoms with Crippen LogP contribution in [0.15, 0.2) is 143 Å². The average molecular weight is 467 g/mol. The molecule has 0 bridgehead atoms. The van der Waals surface area contributed by atoms with Gasteiger partial charge in [0.15, 0.2) is 0 Å². The van der Waals surface area contributed by atoms with Gasteiger partial charge in [0.2, 0.25) is 0 Å². The molecule has 0 aliphatic carbocycles. The molecule has 4 nitrogen and oxygen atoms in total. The predicted octanol–water partition coefficient (Wildman–Crippen LogP) is 8.68. The van der Waals surface area contributed by atoms with Crippen LogP contribution < -0.4 is 10.6 Å². The number of rotatable bonds is 8.